The van der Waals surface area contributed by atoms with Crippen molar-refractivity contribution in [3.63, 3.8) is 0 Å². The van der Waals surface area contributed by atoms with Crippen LogP contribution >= 0.6 is 11.6 Å². The first-order valence-electron chi connectivity index (χ1n) is 5.96. The van der Waals surface area contributed by atoms with Gasteiger partial charge in [-0.3, -0.25) is 4.79 Å². The molecule has 1 amide bonds. The van der Waals surface area contributed by atoms with Crippen molar-refractivity contribution in [1.29, 1.82) is 0 Å². The number of benzene rings is 1. The van der Waals surface area contributed by atoms with Crippen LogP contribution in [0.25, 0.3) is 0 Å². The molecule has 0 unspecified atom stereocenters. The summed E-state index contributed by atoms with van der Waals surface area (Å²) in [6.07, 6.45) is 5.44. The molecule has 0 saturated heterocycles. The zero-order valence-corrected chi connectivity index (χ0v) is 10.3. The summed E-state index contributed by atoms with van der Waals surface area (Å²) >= 11 is 5.78. The van der Waals surface area contributed by atoms with Crippen LogP contribution in [0.1, 0.15) is 32.1 Å². The maximum absolute atomic E-state index is 11.9. The lowest BCUT2D eigenvalue weighted by Gasteiger charge is -2.20. The minimum Gasteiger partial charge on any atom is -0.506 e. The molecular formula is C13H16ClNO2. The van der Waals surface area contributed by atoms with Crippen LogP contribution in [0.2, 0.25) is 5.02 Å². The Morgan fingerprint density at radius 2 is 2.00 bits per heavy atom. The van der Waals surface area contributed by atoms with E-state index >= 15 is 0 Å². The monoisotopic (exact) mass is 253 g/mol. The van der Waals surface area contributed by atoms with Gasteiger partial charge < -0.3 is 10.4 Å². The van der Waals surface area contributed by atoms with Gasteiger partial charge in [-0.25, -0.2) is 0 Å². The van der Waals surface area contributed by atoms with Crippen LogP contribution in [0.5, 0.6) is 5.75 Å². The van der Waals surface area contributed by atoms with Gasteiger partial charge in [-0.05, 0) is 31.0 Å². The van der Waals surface area contributed by atoms with Gasteiger partial charge in [-0.1, -0.05) is 30.9 Å². The molecule has 0 aliphatic heterocycles. The highest BCUT2D eigenvalue weighted by molar-refractivity contribution is 6.32. The van der Waals surface area contributed by atoms with Gasteiger partial charge in [-0.2, -0.15) is 0 Å². The molecule has 3 nitrogen and oxygen atoms in total. The van der Waals surface area contributed by atoms with E-state index in [1.165, 1.54) is 12.5 Å². The minimum atomic E-state index is 0.0299. The van der Waals surface area contributed by atoms with Gasteiger partial charge in [0.15, 0.2) is 0 Å². The summed E-state index contributed by atoms with van der Waals surface area (Å²) in [6, 6.07) is 4.71. The number of nitrogens with one attached hydrogen (secondary N) is 1. The molecule has 0 spiro atoms. The van der Waals surface area contributed by atoms with Crippen LogP contribution < -0.4 is 5.32 Å². The van der Waals surface area contributed by atoms with Crippen molar-refractivity contribution in [1.82, 2.24) is 0 Å². The van der Waals surface area contributed by atoms with Crippen molar-refractivity contribution in [2.75, 3.05) is 5.32 Å². The molecule has 1 saturated carbocycles. The number of carbonyl (C=O) groups excluding carboxylic acids is 1. The molecule has 0 aromatic heterocycles. The van der Waals surface area contributed by atoms with E-state index in [1.807, 2.05) is 0 Å². The Hall–Kier alpha value is -1.22. The SMILES string of the molecule is O=C(Nc1ccc(O)c(Cl)c1)C1CCCCC1. The third-order valence-corrected chi connectivity index (χ3v) is 3.49. The Kier molecular flexibility index (Phi) is 3.89. The Morgan fingerprint density at radius 1 is 1.29 bits per heavy atom. The van der Waals surface area contributed by atoms with Crippen molar-refractivity contribution in [2.45, 2.75) is 32.1 Å². The van der Waals surface area contributed by atoms with E-state index in [-0.39, 0.29) is 22.6 Å². The zero-order valence-electron chi connectivity index (χ0n) is 9.58. The molecule has 4 heteroatoms. The van der Waals surface area contributed by atoms with E-state index in [9.17, 15) is 9.90 Å². The van der Waals surface area contributed by atoms with Gasteiger partial charge in [0.2, 0.25) is 5.91 Å². The van der Waals surface area contributed by atoms with Crippen LogP contribution in [0.3, 0.4) is 0 Å². The second-order valence-corrected chi connectivity index (χ2v) is 4.90. The Bertz CT molecular complexity index is 414. The molecule has 1 aliphatic carbocycles. The van der Waals surface area contributed by atoms with Crippen LogP contribution in [-0.2, 0) is 4.79 Å². The lowest BCUT2D eigenvalue weighted by molar-refractivity contribution is -0.120. The van der Waals surface area contributed by atoms with E-state index in [0.717, 1.165) is 25.7 Å². The van der Waals surface area contributed by atoms with Crippen molar-refractivity contribution in [3.05, 3.63) is 23.2 Å². The maximum atomic E-state index is 11.9. The fourth-order valence-corrected chi connectivity index (χ4v) is 2.37. The summed E-state index contributed by atoms with van der Waals surface area (Å²) in [5.41, 5.74) is 0.642. The number of phenols is 1. The zero-order chi connectivity index (χ0) is 12.3. The van der Waals surface area contributed by atoms with Crippen LogP contribution in [0, 0.1) is 5.92 Å². The van der Waals surface area contributed by atoms with E-state index in [1.54, 1.807) is 12.1 Å². The second kappa shape index (κ2) is 5.41. The molecule has 2 N–H and O–H groups in total. The highest BCUT2D eigenvalue weighted by atomic mass is 35.5. The molecule has 1 aliphatic rings. The molecule has 0 heterocycles. The molecule has 1 aromatic rings. The van der Waals surface area contributed by atoms with Gasteiger partial charge in [0.1, 0.15) is 5.75 Å². The highest BCUT2D eigenvalue weighted by Gasteiger charge is 2.21. The lowest BCUT2D eigenvalue weighted by Crippen LogP contribution is -2.24. The number of rotatable bonds is 2. The largest absolute Gasteiger partial charge is 0.506 e. The molecule has 1 fully saturated rings. The van der Waals surface area contributed by atoms with Crippen LogP contribution in [-0.4, -0.2) is 11.0 Å². The number of halogens is 1. The molecule has 0 atom stereocenters. The van der Waals surface area contributed by atoms with E-state index in [0.29, 0.717) is 5.69 Å². The topological polar surface area (TPSA) is 49.3 Å². The average molecular weight is 254 g/mol. The van der Waals surface area contributed by atoms with Crippen molar-refractivity contribution >= 4 is 23.2 Å². The number of hydrogen-bond acceptors (Lipinski definition) is 2. The number of anilines is 1. The standard InChI is InChI=1S/C13H16ClNO2/c14-11-8-10(6-7-12(11)16)15-13(17)9-4-2-1-3-5-9/h6-9,16H,1-5H2,(H,15,17). The first-order valence-corrected chi connectivity index (χ1v) is 6.34. The Balaban J connectivity index is 1.99. The average Bonchev–Trinajstić information content (AvgIpc) is 2.35. The van der Waals surface area contributed by atoms with E-state index in [2.05, 4.69) is 5.32 Å². The lowest BCUT2D eigenvalue weighted by atomic mass is 9.88. The minimum absolute atomic E-state index is 0.0299. The van der Waals surface area contributed by atoms with Crippen LogP contribution in [0.15, 0.2) is 18.2 Å². The van der Waals surface area contributed by atoms with E-state index in [4.69, 9.17) is 11.6 Å². The van der Waals surface area contributed by atoms with Gasteiger partial charge in [-0.15, -0.1) is 0 Å². The molecule has 17 heavy (non-hydrogen) atoms. The van der Waals surface area contributed by atoms with Gasteiger partial charge in [0, 0.05) is 11.6 Å². The normalized spacial score (nSPS) is 16.8. The fraction of sp³-hybridized carbons (Fsp3) is 0.462. The van der Waals surface area contributed by atoms with Gasteiger partial charge >= 0.3 is 0 Å². The molecular weight excluding hydrogens is 238 g/mol. The third kappa shape index (κ3) is 3.13. The molecule has 2 rings (SSSR count). The fourth-order valence-electron chi connectivity index (χ4n) is 2.19. The van der Waals surface area contributed by atoms with Gasteiger partial charge in [0.05, 0.1) is 5.02 Å². The van der Waals surface area contributed by atoms with Crippen molar-refractivity contribution in [2.24, 2.45) is 5.92 Å². The molecule has 0 bridgehead atoms. The molecule has 1 aromatic carbocycles. The van der Waals surface area contributed by atoms with Gasteiger partial charge in [0.25, 0.3) is 0 Å². The predicted octanol–water partition coefficient (Wildman–Crippen LogP) is 3.56. The number of carbonyl (C=O) groups is 1. The quantitative estimate of drug-likeness (QED) is 0.792. The third-order valence-electron chi connectivity index (χ3n) is 3.19. The molecule has 92 valence electrons. The number of aromatic hydroxyl groups is 1. The summed E-state index contributed by atoms with van der Waals surface area (Å²) in [5, 5.41) is 12.4. The smallest absolute Gasteiger partial charge is 0.227 e. The summed E-state index contributed by atoms with van der Waals surface area (Å²) in [7, 11) is 0. The van der Waals surface area contributed by atoms with Crippen LogP contribution in [0.4, 0.5) is 5.69 Å². The number of amides is 1. The highest BCUT2D eigenvalue weighted by Crippen LogP contribution is 2.28. The Labute approximate surface area is 106 Å². The first kappa shape index (κ1) is 12.2. The summed E-state index contributed by atoms with van der Waals surface area (Å²) in [5.74, 6) is 0.213. The number of phenolic OH excluding ortho intramolecular Hbond substituents is 1. The first-order chi connectivity index (χ1) is 8.16. The predicted molar refractivity (Wildman–Crippen MR) is 68.3 cm³/mol. The summed E-state index contributed by atoms with van der Waals surface area (Å²) < 4.78 is 0. The second-order valence-electron chi connectivity index (χ2n) is 4.49. The number of hydrogen-bond donors (Lipinski definition) is 2. The summed E-state index contributed by atoms with van der Waals surface area (Å²) in [4.78, 5) is 11.9. The van der Waals surface area contributed by atoms with Crippen molar-refractivity contribution in [3.8, 4) is 5.75 Å². The van der Waals surface area contributed by atoms with E-state index < -0.39 is 0 Å². The Morgan fingerprint density at radius 3 is 2.65 bits per heavy atom. The molecule has 0 radical (unpaired) electrons. The summed E-state index contributed by atoms with van der Waals surface area (Å²) in [6.45, 7) is 0. The van der Waals surface area contributed by atoms with Crippen molar-refractivity contribution < 1.29 is 9.90 Å². The maximum Gasteiger partial charge on any atom is 0.227 e.